The van der Waals surface area contributed by atoms with E-state index in [-0.39, 0.29) is 32.7 Å². The minimum Gasteiger partial charge on any atom is -0.463 e. The van der Waals surface area contributed by atoms with Crippen molar-refractivity contribution in [2.24, 2.45) is 0 Å². The topological polar surface area (TPSA) is 145 Å². The molecule has 0 radical (unpaired) electrons. The predicted octanol–water partition coefficient (Wildman–Crippen LogP) is 12.1. The molecule has 0 saturated heterocycles. The lowest BCUT2D eigenvalue weighted by Crippen LogP contribution is -2.51. The maximum atomic E-state index is 12.8. The van der Waals surface area contributed by atoms with Gasteiger partial charge in [-0.2, -0.15) is 0 Å². The minimum atomic E-state index is -4.50. The molecule has 13 nitrogen and oxygen atoms in total. The predicted molar refractivity (Wildman–Crippen MR) is 270 cm³/mol. The number of esters is 2. The van der Waals surface area contributed by atoms with Crippen LogP contribution in [0.2, 0.25) is 104 Å². The number of nitrogens with zero attached hydrogens (tertiary/aromatic N) is 1. The van der Waals surface area contributed by atoms with Crippen LogP contribution in [-0.2, 0) is 49.1 Å². The van der Waals surface area contributed by atoms with Crippen LogP contribution in [0.4, 0.5) is 0 Å². The molecule has 0 aliphatic carbocycles. The van der Waals surface area contributed by atoms with E-state index in [1.54, 1.807) is 0 Å². The maximum absolute atomic E-state index is 12.8. The van der Waals surface area contributed by atoms with E-state index >= 15 is 0 Å². The number of rotatable bonds is 38. The summed E-state index contributed by atoms with van der Waals surface area (Å²) >= 11 is 0. The zero-order chi connectivity index (χ0) is 47.9. The molecule has 0 aromatic rings. The minimum absolute atomic E-state index is 0.00613. The average molecular weight is 1010 g/mol. The standard InChI is InChI=1S/C42H96NO12PSi6/c1-43(2,3)34-35-50-56(46,47)51-40(38-48-41(44)32-28-24-20-18-22-26-30-36-59(10,11)54-61(14,15)52-57(4,5)6)39-49-42(45)33-29-25-21-19-23-27-31-37-60(12,13)55-62(16,17)53-58(7,8)9/h40H,18-39H2,1-17H3/p+1. The molecule has 0 amide bonds. The molecule has 0 fully saturated rings. The molecule has 1 atom stereocenters. The third kappa shape index (κ3) is 39.3. The first-order valence-electron chi connectivity index (χ1n) is 23.7. The second kappa shape index (κ2) is 29.1. The van der Waals surface area contributed by atoms with Crippen LogP contribution in [0.25, 0.3) is 0 Å². The van der Waals surface area contributed by atoms with Gasteiger partial charge in [-0.15, -0.1) is 0 Å². The summed E-state index contributed by atoms with van der Waals surface area (Å²) in [7, 11) is -9.72. The first-order valence-corrected chi connectivity index (χ1v) is 43.9. The van der Waals surface area contributed by atoms with E-state index in [4.69, 9.17) is 35.0 Å². The summed E-state index contributed by atoms with van der Waals surface area (Å²) in [6.07, 6.45) is 13.9. The van der Waals surface area contributed by atoms with E-state index in [0.717, 1.165) is 76.3 Å². The molecule has 62 heavy (non-hydrogen) atoms. The fourth-order valence-electron chi connectivity index (χ4n) is 7.63. The van der Waals surface area contributed by atoms with Crippen LogP contribution in [0.1, 0.15) is 103 Å². The smallest absolute Gasteiger partial charge is 0.463 e. The SMILES string of the molecule is C[N+](C)(C)CCOP(=O)(O)OC(COC(=O)CCCCCCCCC[Si](C)(C)O[Si](C)(C)O[Si](C)(C)C)COC(=O)CCCCCCCCC[Si](C)(C)O[Si](C)(C)O[Si](C)(C)C. The highest BCUT2D eigenvalue weighted by molar-refractivity contribution is 7.47. The molecule has 20 heteroatoms. The Balaban J connectivity index is 4.60. The fraction of sp³-hybridized carbons (Fsp3) is 0.952. The largest absolute Gasteiger partial charge is 0.472 e. The van der Waals surface area contributed by atoms with E-state index in [1.165, 1.54) is 12.8 Å². The van der Waals surface area contributed by atoms with Crippen LogP contribution in [-0.4, -0.2) is 125 Å². The van der Waals surface area contributed by atoms with E-state index in [2.05, 4.69) is 91.7 Å². The Morgan fingerprint density at radius 3 is 1.16 bits per heavy atom. The summed E-state index contributed by atoms with van der Waals surface area (Å²) in [5.74, 6) is -0.838. The molecule has 0 aromatic carbocycles. The van der Waals surface area contributed by atoms with Crippen molar-refractivity contribution in [2.75, 3.05) is 47.5 Å². The molecule has 0 spiro atoms. The molecule has 370 valence electrons. The van der Waals surface area contributed by atoms with Gasteiger partial charge < -0.3 is 35.3 Å². The highest BCUT2D eigenvalue weighted by Gasteiger charge is 2.39. The molecular formula is C42H97NO12PSi6+. The van der Waals surface area contributed by atoms with Crippen molar-refractivity contribution in [3.05, 3.63) is 0 Å². The van der Waals surface area contributed by atoms with Crippen molar-refractivity contribution in [3.63, 3.8) is 0 Å². The summed E-state index contributed by atoms with van der Waals surface area (Å²) in [4.78, 5) is 35.7. The third-order valence-electron chi connectivity index (χ3n) is 9.63. The lowest BCUT2D eigenvalue weighted by atomic mass is 10.1. The van der Waals surface area contributed by atoms with E-state index in [0.29, 0.717) is 23.9 Å². The number of quaternary nitrogens is 1. The highest BCUT2D eigenvalue weighted by Crippen LogP contribution is 2.44. The van der Waals surface area contributed by atoms with Crippen LogP contribution in [0.15, 0.2) is 0 Å². The number of phosphoric acid groups is 1. The van der Waals surface area contributed by atoms with E-state index in [1.807, 2.05) is 21.1 Å². The van der Waals surface area contributed by atoms with Gasteiger partial charge >= 0.3 is 36.9 Å². The Bertz CT molecular complexity index is 1230. The Labute approximate surface area is 387 Å². The van der Waals surface area contributed by atoms with Gasteiger partial charge in [-0.1, -0.05) is 77.0 Å². The maximum Gasteiger partial charge on any atom is 0.472 e. The number of hydrogen-bond donors (Lipinski definition) is 1. The van der Waals surface area contributed by atoms with Crippen molar-refractivity contribution in [3.8, 4) is 0 Å². The first kappa shape index (κ1) is 62.2. The quantitative estimate of drug-likeness (QED) is 0.0207. The van der Waals surface area contributed by atoms with E-state index < -0.39 is 76.3 Å². The van der Waals surface area contributed by atoms with Gasteiger partial charge in [0.1, 0.15) is 32.5 Å². The molecule has 1 unspecified atom stereocenters. The van der Waals surface area contributed by atoms with Gasteiger partial charge in [-0.05, 0) is 117 Å². The molecule has 0 bridgehead atoms. The number of unbranched alkanes of at least 4 members (excludes halogenated alkanes) is 12. The summed E-state index contributed by atoms with van der Waals surface area (Å²) in [5.41, 5.74) is 0. The van der Waals surface area contributed by atoms with Gasteiger partial charge in [0.15, 0.2) is 33.3 Å². The second-order valence-corrected chi connectivity index (χ2v) is 49.1. The van der Waals surface area contributed by atoms with Gasteiger partial charge in [0.25, 0.3) is 0 Å². The fourth-order valence-corrected chi connectivity index (χ4v) is 35.0. The molecule has 0 aliphatic heterocycles. The zero-order valence-corrected chi connectivity index (χ0v) is 49.9. The number of phosphoric ester groups is 1. The Hall–Kier alpha value is 0.151. The van der Waals surface area contributed by atoms with Crippen molar-refractivity contribution >= 4 is 70.2 Å². The monoisotopic (exact) mass is 1010 g/mol. The summed E-state index contributed by atoms with van der Waals surface area (Å²) in [5, 5.41) is 0. The van der Waals surface area contributed by atoms with Crippen LogP contribution in [0, 0.1) is 0 Å². The second-order valence-electron chi connectivity index (χ2n) is 22.3. The van der Waals surface area contributed by atoms with Gasteiger partial charge in [-0.3, -0.25) is 18.6 Å². The van der Waals surface area contributed by atoms with Crippen LogP contribution < -0.4 is 0 Å². The summed E-state index contributed by atoms with van der Waals surface area (Å²) in [6, 6.07) is 2.27. The van der Waals surface area contributed by atoms with Gasteiger partial charge in [0.05, 0.1) is 21.1 Å². The average Bonchev–Trinajstić information content (AvgIpc) is 3.03. The zero-order valence-electron chi connectivity index (χ0n) is 43.0. The summed E-state index contributed by atoms with van der Waals surface area (Å²) in [6.45, 7) is 31.1. The number of ether oxygens (including phenoxy) is 2. The normalized spacial score (nSPS) is 14.6. The molecule has 0 aliphatic rings. The third-order valence-corrected chi connectivity index (χ3v) is 31.0. The molecule has 0 aromatic heterocycles. The molecular weight excluding hydrogens is 910 g/mol. The Morgan fingerprint density at radius 2 is 0.839 bits per heavy atom. The van der Waals surface area contributed by atoms with Gasteiger partial charge in [0.2, 0.25) is 0 Å². The molecule has 0 heterocycles. The lowest BCUT2D eigenvalue weighted by molar-refractivity contribution is -0.870. The molecule has 1 N–H and O–H groups in total. The lowest BCUT2D eigenvalue weighted by Gasteiger charge is -2.37. The van der Waals surface area contributed by atoms with Crippen molar-refractivity contribution < 1.29 is 58.5 Å². The number of carbonyl (C=O) groups is 2. The van der Waals surface area contributed by atoms with E-state index in [9.17, 15) is 19.0 Å². The molecule has 0 rings (SSSR count). The van der Waals surface area contributed by atoms with Crippen LogP contribution >= 0.6 is 7.82 Å². The van der Waals surface area contributed by atoms with Crippen molar-refractivity contribution in [1.29, 1.82) is 0 Å². The number of hydrogen-bond acceptors (Lipinski definition) is 11. The highest BCUT2D eigenvalue weighted by atomic mass is 31.2. The Morgan fingerprint density at radius 1 is 0.516 bits per heavy atom. The first-order chi connectivity index (χ1) is 28.1. The van der Waals surface area contributed by atoms with Crippen LogP contribution in [0.3, 0.4) is 0 Å². The summed E-state index contributed by atoms with van der Waals surface area (Å²) < 4.78 is 60.8. The van der Waals surface area contributed by atoms with Crippen LogP contribution in [0.5, 0.6) is 0 Å². The Kier molecular flexibility index (Phi) is 29.2. The van der Waals surface area contributed by atoms with Crippen molar-refractivity contribution in [2.45, 2.75) is 213 Å². The van der Waals surface area contributed by atoms with Crippen molar-refractivity contribution in [1.82, 2.24) is 0 Å². The number of carbonyl (C=O) groups excluding carboxylic acids is 2. The molecule has 0 saturated carbocycles. The van der Waals surface area contributed by atoms with Gasteiger partial charge in [-0.25, -0.2) is 4.57 Å². The van der Waals surface area contributed by atoms with Gasteiger partial charge in [0, 0.05) is 12.8 Å². The number of likely N-dealkylation sites (N-methyl/N-ethyl adjacent to an activating group) is 1.